The van der Waals surface area contributed by atoms with E-state index in [-0.39, 0.29) is 0 Å². The third-order valence-corrected chi connectivity index (χ3v) is 4.67. The molecule has 2 aliphatic rings. The molecule has 0 amide bonds. The summed E-state index contributed by atoms with van der Waals surface area (Å²) in [6, 6.07) is 9.43. The normalized spacial score (nSPS) is 23.6. The fourth-order valence-electron chi connectivity index (χ4n) is 2.93. The Bertz CT molecular complexity index is 378. The fraction of sp³-hybridized carbons (Fsp3) is 0.571. The van der Waals surface area contributed by atoms with Crippen molar-refractivity contribution in [3.63, 3.8) is 0 Å². The van der Waals surface area contributed by atoms with Gasteiger partial charge in [0.05, 0.1) is 0 Å². The zero-order valence-corrected chi connectivity index (χ0v) is 11.1. The first-order chi connectivity index (χ1) is 7.80. The van der Waals surface area contributed by atoms with Crippen LogP contribution in [0, 0.1) is 0 Å². The first-order valence-electron chi connectivity index (χ1n) is 6.33. The molecule has 1 nitrogen and oxygen atoms in total. The maximum atomic E-state index is 3.89. The molecule has 2 aliphatic carbocycles. The van der Waals surface area contributed by atoms with Crippen molar-refractivity contribution in [2.45, 2.75) is 50.1 Å². The average Bonchev–Trinajstić information content (AvgIpc) is 2.87. The third kappa shape index (κ3) is 1.93. The number of benzene rings is 1. The highest BCUT2D eigenvalue weighted by molar-refractivity contribution is 9.10. The lowest BCUT2D eigenvalue weighted by molar-refractivity contribution is 0.423. The Morgan fingerprint density at radius 1 is 1.12 bits per heavy atom. The Hall–Kier alpha value is -0.340. The smallest absolute Gasteiger partial charge is 0.0449 e. The molecular weight excluding hydrogens is 262 g/mol. The highest BCUT2D eigenvalue weighted by atomic mass is 79.9. The van der Waals surface area contributed by atoms with Crippen LogP contribution in [-0.4, -0.2) is 6.04 Å². The van der Waals surface area contributed by atoms with E-state index < -0.39 is 0 Å². The van der Waals surface area contributed by atoms with E-state index in [1.807, 2.05) is 0 Å². The van der Waals surface area contributed by atoms with Gasteiger partial charge < -0.3 is 5.32 Å². The Balaban J connectivity index is 1.80. The predicted molar refractivity (Wildman–Crippen MR) is 70.4 cm³/mol. The molecule has 0 bridgehead atoms. The zero-order chi connectivity index (χ0) is 11.0. The van der Waals surface area contributed by atoms with Gasteiger partial charge >= 0.3 is 0 Å². The number of nitrogens with one attached hydrogen (secondary N) is 1. The van der Waals surface area contributed by atoms with Gasteiger partial charge in [-0.15, -0.1) is 0 Å². The van der Waals surface area contributed by atoms with E-state index in [0.717, 1.165) is 6.04 Å². The number of rotatable bonds is 3. The summed E-state index contributed by atoms with van der Waals surface area (Å²) in [6.45, 7) is 0. The lowest BCUT2D eigenvalue weighted by Gasteiger charge is -2.23. The lowest BCUT2D eigenvalue weighted by Crippen LogP contribution is -2.36. The molecule has 0 spiro atoms. The fourth-order valence-corrected chi connectivity index (χ4v) is 3.59. The van der Waals surface area contributed by atoms with Gasteiger partial charge in [0.25, 0.3) is 0 Å². The Kier molecular flexibility index (Phi) is 2.80. The number of halogens is 1. The van der Waals surface area contributed by atoms with Crippen molar-refractivity contribution in [2.24, 2.45) is 0 Å². The Morgan fingerprint density at radius 3 is 2.44 bits per heavy atom. The summed E-state index contributed by atoms with van der Waals surface area (Å²) >= 11 is 3.68. The second-order valence-electron chi connectivity index (χ2n) is 5.19. The van der Waals surface area contributed by atoms with Crippen LogP contribution in [0.25, 0.3) is 0 Å². The molecule has 0 atom stereocenters. The summed E-state index contributed by atoms with van der Waals surface area (Å²) in [6.07, 6.45) is 8.14. The molecular formula is C14H18BrN. The maximum absolute atomic E-state index is 3.89. The van der Waals surface area contributed by atoms with E-state index in [1.165, 1.54) is 48.6 Å². The van der Waals surface area contributed by atoms with Gasteiger partial charge in [0.15, 0.2) is 0 Å². The molecule has 2 heteroatoms. The van der Waals surface area contributed by atoms with Crippen molar-refractivity contribution in [1.82, 2.24) is 5.32 Å². The summed E-state index contributed by atoms with van der Waals surface area (Å²) < 4.78 is 1.26. The van der Waals surface area contributed by atoms with Crippen molar-refractivity contribution < 1.29 is 0 Å². The number of hydrogen-bond acceptors (Lipinski definition) is 1. The molecule has 1 aromatic carbocycles. The SMILES string of the molecule is Brc1ccccc1C1(NC2CCCC2)CC1. The van der Waals surface area contributed by atoms with Gasteiger partial charge in [0, 0.05) is 16.1 Å². The van der Waals surface area contributed by atoms with Crippen molar-refractivity contribution in [2.75, 3.05) is 0 Å². The maximum Gasteiger partial charge on any atom is 0.0449 e. The Labute approximate surface area is 106 Å². The second kappa shape index (κ2) is 4.15. The van der Waals surface area contributed by atoms with Crippen LogP contribution < -0.4 is 5.32 Å². The van der Waals surface area contributed by atoms with Crippen LogP contribution in [0.5, 0.6) is 0 Å². The predicted octanol–water partition coefficient (Wildman–Crippen LogP) is 3.97. The van der Waals surface area contributed by atoms with E-state index in [0.29, 0.717) is 5.54 Å². The van der Waals surface area contributed by atoms with Gasteiger partial charge in [0.1, 0.15) is 0 Å². The molecule has 3 rings (SSSR count). The minimum Gasteiger partial charge on any atom is -0.305 e. The highest BCUT2D eigenvalue weighted by Crippen LogP contribution is 2.49. The van der Waals surface area contributed by atoms with Crippen molar-refractivity contribution in [3.8, 4) is 0 Å². The van der Waals surface area contributed by atoms with Gasteiger partial charge in [-0.05, 0) is 37.3 Å². The molecule has 1 N–H and O–H groups in total. The summed E-state index contributed by atoms with van der Waals surface area (Å²) in [7, 11) is 0. The largest absolute Gasteiger partial charge is 0.305 e. The minimum atomic E-state index is 0.301. The molecule has 0 saturated heterocycles. The lowest BCUT2D eigenvalue weighted by atomic mass is 10.0. The summed E-state index contributed by atoms with van der Waals surface area (Å²) in [5.74, 6) is 0. The van der Waals surface area contributed by atoms with Crippen LogP contribution in [-0.2, 0) is 5.54 Å². The molecule has 0 unspecified atom stereocenters. The van der Waals surface area contributed by atoms with Crippen LogP contribution >= 0.6 is 15.9 Å². The highest BCUT2D eigenvalue weighted by Gasteiger charge is 2.46. The zero-order valence-electron chi connectivity index (χ0n) is 9.51. The van der Waals surface area contributed by atoms with E-state index >= 15 is 0 Å². The minimum absolute atomic E-state index is 0.301. The molecule has 0 aliphatic heterocycles. The van der Waals surface area contributed by atoms with Gasteiger partial charge in [0.2, 0.25) is 0 Å². The summed E-state index contributed by atoms with van der Waals surface area (Å²) in [4.78, 5) is 0. The molecule has 86 valence electrons. The van der Waals surface area contributed by atoms with E-state index in [1.54, 1.807) is 0 Å². The van der Waals surface area contributed by atoms with Crippen molar-refractivity contribution in [1.29, 1.82) is 0 Å². The second-order valence-corrected chi connectivity index (χ2v) is 6.04. The van der Waals surface area contributed by atoms with E-state index in [2.05, 4.69) is 45.5 Å². The molecule has 2 fully saturated rings. The molecule has 1 aromatic rings. The van der Waals surface area contributed by atoms with E-state index in [4.69, 9.17) is 0 Å². The van der Waals surface area contributed by atoms with Crippen LogP contribution in [0.4, 0.5) is 0 Å². The van der Waals surface area contributed by atoms with Crippen LogP contribution in [0.15, 0.2) is 28.7 Å². The van der Waals surface area contributed by atoms with Crippen LogP contribution in [0.1, 0.15) is 44.1 Å². The van der Waals surface area contributed by atoms with Crippen LogP contribution in [0.3, 0.4) is 0 Å². The number of hydrogen-bond donors (Lipinski definition) is 1. The quantitative estimate of drug-likeness (QED) is 0.883. The standard InChI is InChI=1S/C14H18BrN/c15-13-8-4-3-7-12(13)14(9-10-14)16-11-5-1-2-6-11/h3-4,7-8,11,16H,1-2,5-6,9-10H2. The summed E-state index contributed by atoms with van der Waals surface area (Å²) in [5.41, 5.74) is 1.76. The van der Waals surface area contributed by atoms with Gasteiger partial charge in [-0.1, -0.05) is 47.0 Å². The Morgan fingerprint density at radius 2 is 1.81 bits per heavy atom. The van der Waals surface area contributed by atoms with Gasteiger partial charge in [-0.25, -0.2) is 0 Å². The van der Waals surface area contributed by atoms with Crippen LogP contribution in [0.2, 0.25) is 0 Å². The first-order valence-corrected chi connectivity index (χ1v) is 7.12. The molecule has 16 heavy (non-hydrogen) atoms. The van der Waals surface area contributed by atoms with Crippen molar-refractivity contribution >= 4 is 15.9 Å². The van der Waals surface area contributed by atoms with Gasteiger partial charge in [-0.3, -0.25) is 0 Å². The average molecular weight is 280 g/mol. The molecule has 2 saturated carbocycles. The first kappa shape index (κ1) is 10.8. The summed E-state index contributed by atoms with van der Waals surface area (Å²) in [5, 5.41) is 3.89. The topological polar surface area (TPSA) is 12.0 Å². The third-order valence-electron chi connectivity index (χ3n) is 3.98. The monoisotopic (exact) mass is 279 g/mol. The van der Waals surface area contributed by atoms with E-state index in [9.17, 15) is 0 Å². The molecule has 0 radical (unpaired) electrons. The van der Waals surface area contributed by atoms with Crippen molar-refractivity contribution in [3.05, 3.63) is 34.3 Å². The molecule has 0 aromatic heterocycles. The molecule has 0 heterocycles. The van der Waals surface area contributed by atoms with Gasteiger partial charge in [-0.2, -0.15) is 0 Å².